The van der Waals surface area contributed by atoms with E-state index in [0.717, 1.165) is 22.4 Å². The average molecular weight is 324 g/mol. The summed E-state index contributed by atoms with van der Waals surface area (Å²) in [6.07, 6.45) is 0. The molecule has 0 saturated heterocycles. The first-order chi connectivity index (χ1) is 11.3. The van der Waals surface area contributed by atoms with Gasteiger partial charge in [-0.05, 0) is 44.9 Å². The van der Waals surface area contributed by atoms with Crippen molar-refractivity contribution in [2.45, 2.75) is 34.2 Å². The molecule has 0 aliphatic carbocycles. The molecule has 0 spiro atoms. The molecule has 0 bridgehead atoms. The van der Waals surface area contributed by atoms with Crippen molar-refractivity contribution in [3.05, 3.63) is 65.2 Å². The van der Waals surface area contributed by atoms with Gasteiger partial charge in [-0.3, -0.25) is 9.59 Å². The van der Waals surface area contributed by atoms with Gasteiger partial charge in [0.25, 0.3) is 0 Å². The monoisotopic (exact) mass is 324 g/mol. The van der Waals surface area contributed by atoms with Crippen LogP contribution in [0.25, 0.3) is 0 Å². The van der Waals surface area contributed by atoms with E-state index in [1.54, 1.807) is 13.8 Å². The average Bonchev–Trinajstić information content (AvgIpc) is 2.55. The summed E-state index contributed by atoms with van der Waals surface area (Å²) >= 11 is 0. The van der Waals surface area contributed by atoms with Crippen LogP contribution in [0.15, 0.2) is 48.5 Å². The summed E-state index contributed by atoms with van der Waals surface area (Å²) in [4.78, 5) is 25.0. The van der Waals surface area contributed by atoms with Crippen LogP contribution in [-0.2, 0) is 16.1 Å². The molecule has 2 aromatic rings. The highest BCUT2D eigenvalue weighted by molar-refractivity contribution is 6.10. The molecule has 2 rings (SSSR count). The van der Waals surface area contributed by atoms with Crippen molar-refractivity contribution in [2.24, 2.45) is 5.41 Å². The van der Waals surface area contributed by atoms with Gasteiger partial charge < -0.3 is 10.6 Å². The van der Waals surface area contributed by atoms with Gasteiger partial charge in [0.05, 0.1) is 0 Å². The molecule has 126 valence electrons. The van der Waals surface area contributed by atoms with Gasteiger partial charge in [0.2, 0.25) is 11.8 Å². The molecular formula is C20H24N2O2. The maximum Gasteiger partial charge on any atom is 0.239 e. The molecule has 0 heterocycles. The lowest BCUT2D eigenvalue weighted by molar-refractivity contribution is -0.138. The van der Waals surface area contributed by atoms with Crippen molar-refractivity contribution < 1.29 is 9.59 Å². The van der Waals surface area contributed by atoms with Gasteiger partial charge in [0, 0.05) is 12.2 Å². The normalized spacial score (nSPS) is 11.0. The fraction of sp³-hybridized carbons (Fsp3) is 0.300. The summed E-state index contributed by atoms with van der Waals surface area (Å²) in [5.74, 6) is -0.617. The third-order valence-electron chi connectivity index (χ3n) is 4.06. The van der Waals surface area contributed by atoms with Crippen LogP contribution in [-0.4, -0.2) is 11.8 Å². The zero-order valence-electron chi connectivity index (χ0n) is 14.6. The highest BCUT2D eigenvalue weighted by atomic mass is 16.2. The van der Waals surface area contributed by atoms with E-state index >= 15 is 0 Å². The summed E-state index contributed by atoms with van der Waals surface area (Å²) in [7, 11) is 0. The van der Waals surface area contributed by atoms with Crippen molar-refractivity contribution in [2.75, 3.05) is 5.32 Å². The second-order valence-corrected chi connectivity index (χ2v) is 6.57. The first-order valence-corrected chi connectivity index (χ1v) is 8.01. The summed E-state index contributed by atoms with van der Waals surface area (Å²) < 4.78 is 0. The molecule has 4 nitrogen and oxygen atoms in total. The molecule has 0 atom stereocenters. The van der Waals surface area contributed by atoms with E-state index in [2.05, 4.69) is 10.6 Å². The highest BCUT2D eigenvalue weighted by Crippen LogP contribution is 2.22. The summed E-state index contributed by atoms with van der Waals surface area (Å²) in [5.41, 5.74) is 2.67. The van der Waals surface area contributed by atoms with Gasteiger partial charge in [-0.25, -0.2) is 0 Å². The second kappa shape index (κ2) is 7.30. The van der Waals surface area contributed by atoms with Crippen LogP contribution >= 0.6 is 0 Å². The molecule has 0 aliphatic rings. The SMILES string of the molecule is Cc1ccc(NC(=O)C(C)(C)C(=O)NCc2ccccc2)c(C)c1. The lowest BCUT2D eigenvalue weighted by Gasteiger charge is -2.23. The van der Waals surface area contributed by atoms with Crippen molar-refractivity contribution in [1.29, 1.82) is 0 Å². The Labute approximate surface area is 143 Å². The zero-order valence-corrected chi connectivity index (χ0v) is 14.6. The topological polar surface area (TPSA) is 58.2 Å². The van der Waals surface area contributed by atoms with Crippen molar-refractivity contribution in [3.63, 3.8) is 0 Å². The fourth-order valence-corrected chi connectivity index (χ4v) is 2.33. The van der Waals surface area contributed by atoms with Crippen molar-refractivity contribution in [1.82, 2.24) is 5.32 Å². The molecule has 0 fully saturated rings. The van der Waals surface area contributed by atoms with Crippen LogP contribution in [0.5, 0.6) is 0 Å². The van der Waals surface area contributed by atoms with E-state index in [9.17, 15) is 9.59 Å². The lowest BCUT2D eigenvalue weighted by atomic mass is 9.90. The first-order valence-electron chi connectivity index (χ1n) is 8.01. The largest absolute Gasteiger partial charge is 0.351 e. The number of nitrogens with one attached hydrogen (secondary N) is 2. The Morgan fingerprint density at radius 3 is 2.25 bits per heavy atom. The van der Waals surface area contributed by atoms with Gasteiger partial charge in [-0.15, -0.1) is 0 Å². The molecule has 2 amide bonds. The Hall–Kier alpha value is -2.62. The Bertz CT molecular complexity index is 737. The number of amides is 2. The summed E-state index contributed by atoms with van der Waals surface area (Å²) in [5, 5.41) is 5.69. The molecular weight excluding hydrogens is 300 g/mol. The maximum absolute atomic E-state index is 12.6. The number of hydrogen-bond donors (Lipinski definition) is 2. The maximum atomic E-state index is 12.6. The van der Waals surface area contributed by atoms with Crippen LogP contribution < -0.4 is 10.6 Å². The molecule has 0 unspecified atom stereocenters. The molecule has 2 aromatic carbocycles. The molecule has 4 heteroatoms. The van der Waals surface area contributed by atoms with E-state index in [1.807, 2.05) is 62.4 Å². The lowest BCUT2D eigenvalue weighted by Crippen LogP contribution is -2.45. The van der Waals surface area contributed by atoms with Crippen molar-refractivity contribution in [3.8, 4) is 0 Å². The molecule has 0 radical (unpaired) electrons. The number of hydrogen-bond acceptors (Lipinski definition) is 2. The Morgan fingerprint density at radius 2 is 1.62 bits per heavy atom. The standard InChI is InChI=1S/C20H24N2O2/c1-14-10-11-17(15(2)12-14)22-19(24)20(3,4)18(23)21-13-16-8-6-5-7-9-16/h5-12H,13H2,1-4H3,(H,21,23)(H,22,24). The third kappa shape index (κ3) is 4.22. The quantitative estimate of drug-likeness (QED) is 0.826. The number of benzene rings is 2. The second-order valence-electron chi connectivity index (χ2n) is 6.57. The number of rotatable bonds is 5. The minimum atomic E-state index is -1.16. The predicted octanol–water partition coefficient (Wildman–Crippen LogP) is 3.58. The minimum Gasteiger partial charge on any atom is -0.351 e. The number of carbonyl (C=O) groups excluding carboxylic acids is 2. The van der Waals surface area contributed by atoms with Gasteiger partial charge in [0.15, 0.2) is 0 Å². The Kier molecular flexibility index (Phi) is 5.39. The van der Waals surface area contributed by atoms with Crippen LogP contribution in [0, 0.1) is 19.3 Å². The number of anilines is 1. The predicted molar refractivity (Wildman–Crippen MR) is 96.6 cm³/mol. The first kappa shape index (κ1) is 17.7. The van der Waals surface area contributed by atoms with E-state index in [0.29, 0.717) is 6.54 Å². The van der Waals surface area contributed by atoms with Crippen LogP contribution in [0.2, 0.25) is 0 Å². The highest BCUT2D eigenvalue weighted by Gasteiger charge is 2.36. The molecule has 0 aromatic heterocycles. The molecule has 2 N–H and O–H groups in total. The zero-order chi connectivity index (χ0) is 17.7. The van der Waals surface area contributed by atoms with Gasteiger partial charge in [0.1, 0.15) is 5.41 Å². The molecule has 0 aliphatic heterocycles. The van der Waals surface area contributed by atoms with Gasteiger partial charge >= 0.3 is 0 Å². The van der Waals surface area contributed by atoms with E-state index in [-0.39, 0.29) is 11.8 Å². The van der Waals surface area contributed by atoms with Gasteiger partial charge in [-0.1, -0.05) is 48.0 Å². The van der Waals surface area contributed by atoms with Crippen LogP contribution in [0.3, 0.4) is 0 Å². The summed E-state index contributed by atoms with van der Waals surface area (Å²) in [6.45, 7) is 7.60. The smallest absolute Gasteiger partial charge is 0.239 e. The summed E-state index contributed by atoms with van der Waals surface area (Å²) in [6, 6.07) is 15.4. The van der Waals surface area contributed by atoms with Gasteiger partial charge in [-0.2, -0.15) is 0 Å². The minimum absolute atomic E-state index is 0.298. The fourth-order valence-electron chi connectivity index (χ4n) is 2.33. The van der Waals surface area contributed by atoms with E-state index < -0.39 is 5.41 Å². The molecule has 24 heavy (non-hydrogen) atoms. The van der Waals surface area contributed by atoms with Crippen LogP contribution in [0.4, 0.5) is 5.69 Å². The number of carbonyl (C=O) groups is 2. The van der Waals surface area contributed by atoms with E-state index in [1.165, 1.54) is 0 Å². The van der Waals surface area contributed by atoms with E-state index in [4.69, 9.17) is 0 Å². The van der Waals surface area contributed by atoms with Crippen LogP contribution in [0.1, 0.15) is 30.5 Å². The molecule has 0 saturated carbocycles. The Morgan fingerprint density at radius 1 is 0.958 bits per heavy atom. The third-order valence-corrected chi connectivity index (χ3v) is 4.06. The Balaban J connectivity index is 2.02. The number of aryl methyl sites for hydroxylation is 2. The van der Waals surface area contributed by atoms with Crippen molar-refractivity contribution >= 4 is 17.5 Å².